The number of fused-ring (bicyclic) bond motifs is 1. The lowest BCUT2D eigenvalue weighted by Crippen LogP contribution is -2.25. The van der Waals surface area contributed by atoms with Crippen molar-refractivity contribution in [3.8, 4) is 17.2 Å². The fourth-order valence-corrected chi connectivity index (χ4v) is 2.93. The Morgan fingerprint density at radius 1 is 1.19 bits per heavy atom. The molecule has 0 radical (unpaired) electrons. The van der Waals surface area contributed by atoms with Crippen LogP contribution in [0.5, 0.6) is 17.2 Å². The van der Waals surface area contributed by atoms with Gasteiger partial charge in [0.25, 0.3) is 5.91 Å². The van der Waals surface area contributed by atoms with E-state index < -0.39 is 0 Å². The molecule has 0 saturated heterocycles. The largest absolute Gasteiger partial charge is 0.493 e. The summed E-state index contributed by atoms with van der Waals surface area (Å²) < 4.78 is 16.4. The van der Waals surface area contributed by atoms with Gasteiger partial charge in [0, 0.05) is 36.6 Å². The van der Waals surface area contributed by atoms with E-state index in [2.05, 4.69) is 15.3 Å². The Hall–Kier alpha value is -3.22. The Labute approximate surface area is 151 Å². The second kappa shape index (κ2) is 7.77. The Morgan fingerprint density at radius 2 is 2.00 bits per heavy atom. The number of nitrogens with one attached hydrogen (secondary N) is 2. The smallest absolute Gasteiger partial charge is 0.252 e. The topological polar surface area (TPSA) is 85.5 Å². The summed E-state index contributed by atoms with van der Waals surface area (Å²) in [6.07, 6.45) is 5.72. The van der Waals surface area contributed by atoms with Crippen LogP contribution in [0.15, 0.2) is 36.8 Å². The molecule has 0 saturated carbocycles. The van der Waals surface area contributed by atoms with Gasteiger partial charge in [0.2, 0.25) is 5.75 Å². The third kappa shape index (κ3) is 3.28. The summed E-state index contributed by atoms with van der Waals surface area (Å²) in [7, 11) is 4.76. The fourth-order valence-electron chi connectivity index (χ4n) is 2.93. The highest BCUT2D eigenvalue weighted by Gasteiger charge is 2.19. The molecule has 2 N–H and O–H groups in total. The van der Waals surface area contributed by atoms with Gasteiger partial charge in [0.1, 0.15) is 0 Å². The van der Waals surface area contributed by atoms with Gasteiger partial charge in [-0.3, -0.25) is 9.78 Å². The zero-order chi connectivity index (χ0) is 18.5. The molecular formula is C19H21N3O4. The van der Waals surface area contributed by atoms with Crippen LogP contribution < -0.4 is 19.5 Å². The molecule has 7 heteroatoms. The van der Waals surface area contributed by atoms with Crippen molar-refractivity contribution in [3.63, 3.8) is 0 Å². The first-order valence-corrected chi connectivity index (χ1v) is 8.16. The summed E-state index contributed by atoms with van der Waals surface area (Å²) in [5, 5.41) is 3.82. The van der Waals surface area contributed by atoms with E-state index in [1.165, 1.54) is 0 Å². The lowest BCUT2D eigenvalue weighted by atomic mass is 10.1. The Balaban J connectivity index is 1.81. The van der Waals surface area contributed by atoms with Crippen molar-refractivity contribution in [2.75, 3.05) is 27.9 Å². The molecular weight excluding hydrogens is 334 g/mol. The SMILES string of the molecule is COc1cc2[nH]cc(CCNC(=O)c3cccnc3)c2c(OC)c1OC. The normalized spacial score (nSPS) is 10.6. The van der Waals surface area contributed by atoms with Gasteiger partial charge in [-0.05, 0) is 24.1 Å². The van der Waals surface area contributed by atoms with E-state index >= 15 is 0 Å². The third-order valence-electron chi connectivity index (χ3n) is 4.16. The molecule has 0 spiro atoms. The lowest BCUT2D eigenvalue weighted by molar-refractivity contribution is 0.0954. The van der Waals surface area contributed by atoms with Crippen molar-refractivity contribution in [2.24, 2.45) is 0 Å². The molecule has 2 heterocycles. The van der Waals surface area contributed by atoms with Gasteiger partial charge in [0.05, 0.1) is 32.4 Å². The van der Waals surface area contributed by atoms with Gasteiger partial charge in [-0.25, -0.2) is 0 Å². The molecule has 0 aliphatic carbocycles. The van der Waals surface area contributed by atoms with E-state index in [4.69, 9.17) is 14.2 Å². The first-order valence-electron chi connectivity index (χ1n) is 8.16. The highest BCUT2D eigenvalue weighted by molar-refractivity contribution is 5.95. The predicted octanol–water partition coefficient (Wildman–Crippen LogP) is 2.56. The Bertz CT molecular complexity index is 906. The van der Waals surface area contributed by atoms with Gasteiger partial charge in [-0.15, -0.1) is 0 Å². The van der Waals surface area contributed by atoms with Gasteiger partial charge in [-0.2, -0.15) is 0 Å². The number of hydrogen-bond acceptors (Lipinski definition) is 5. The van der Waals surface area contributed by atoms with Crippen LogP contribution in [0.3, 0.4) is 0 Å². The second-order valence-corrected chi connectivity index (χ2v) is 5.63. The monoisotopic (exact) mass is 355 g/mol. The molecule has 0 aliphatic heterocycles. The van der Waals surface area contributed by atoms with Crippen LogP contribution in [0, 0.1) is 0 Å². The Morgan fingerprint density at radius 3 is 2.65 bits per heavy atom. The first-order chi connectivity index (χ1) is 12.7. The van der Waals surface area contributed by atoms with Crippen LogP contribution in [0.1, 0.15) is 15.9 Å². The van der Waals surface area contributed by atoms with Gasteiger partial charge < -0.3 is 24.5 Å². The zero-order valence-electron chi connectivity index (χ0n) is 15.0. The number of H-pyrrole nitrogens is 1. The highest BCUT2D eigenvalue weighted by Crippen LogP contribution is 2.44. The average molecular weight is 355 g/mol. The molecule has 26 heavy (non-hydrogen) atoms. The molecule has 1 aromatic carbocycles. The number of aromatic nitrogens is 2. The van der Waals surface area contributed by atoms with Gasteiger partial charge in [-0.1, -0.05) is 0 Å². The standard InChI is InChI=1S/C19H21N3O4/c1-24-15-9-14-16(18(26-3)17(15)25-2)12(11-22-14)6-8-21-19(23)13-5-4-7-20-10-13/h4-5,7,9-11,22H,6,8H2,1-3H3,(H,21,23). The van der Waals surface area contributed by atoms with E-state index in [1.807, 2.05) is 12.3 Å². The van der Waals surface area contributed by atoms with Crippen LogP contribution in [0.25, 0.3) is 10.9 Å². The number of rotatable bonds is 7. The number of ether oxygens (including phenoxy) is 3. The minimum atomic E-state index is -0.149. The van der Waals surface area contributed by atoms with Gasteiger partial charge >= 0.3 is 0 Å². The number of pyridine rings is 1. The molecule has 0 fully saturated rings. The van der Waals surface area contributed by atoms with E-state index in [1.54, 1.807) is 45.9 Å². The number of benzene rings is 1. The maximum atomic E-state index is 12.1. The summed E-state index contributed by atoms with van der Waals surface area (Å²) in [6.45, 7) is 0.484. The maximum Gasteiger partial charge on any atom is 0.252 e. The molecule has 7 nitrogen and oxygen atoms in total. The summed E-state index contributed by atoms with van der Waals surface area (Å²) in [4.78, 5) is 19.3. The number of hydrogen-bond donors (Lipinski definition) is 2. The minimum Gasteiger partial charge on any atom is -0.493 e. The fraction of sp³-hybridized carbons (Fsp3) is 0.263. The lowest BCUT2D eigenvalue weighted by Gasteiger charge is -2.14. The zero-order valence-corrected chi connectivity index (χ0v) is 15.0. The molecule has 3 aromatic rings. The Kier molecular flexibility index (Phi) is 5.26. The van der Waals surface area contributed by atoms with Crippen molar-refractivity contribution >= 4 is 16.8 Å². The predicted molar refractivity (Wildman–Crippen MR) is 98.2 cm³/mol. The molecule has 0 aliphatic rings. The number of amides is 1. The van der Waals surface area contributed by atoms with E-state index in [-0.39, 0.29) is 5.91 Å². The maximum absolute atomic E-state index is 12.1. The van der Waals surface area contributed by atoms with E-state index in [9.17, 15) is 4.79 Å². The number of carbonyl (C=O) groups is 1. The van der Waals surface area contributed by atoms with Crippen molar-refractivity contribution in [2.45, 2.75) is 6.42 Å². The summed E-state index contributed by atoms with van der Waals surface area (Å²) in [6, 6.07) is 5.34. The number of nitrogens with zero attached hydrogens (tertiary/aromatic N) is 1. The molecule has 0 bridgehead atoms. The van der Waals surface area contributed by atoms with Crippen LogP contribution in [-0.4, -0.2) is 43.7 Å². The van der Waals surface area contributed by atoms with Crippen LogP contribution in [-0.2, 0) is 6.42 Å². The molecule has 2 aromatic heterocycles. The van der Waals surface area contributed by atoms with Crippen molar-refractivity contribution in [1.29, 1.82) is 0 Å². The number of methoxy groups -OCH3 is 3. The molecule has 136 valence electrons. The minimum absolute atomic E-state index is 0.149. The molecule has 3 rings (SSSR count). The van der Waals surface area contributed by atoms with Crippen molar-refractivity contribution in [3.05, 3.63) is 47.9 Å². The first kappa shape index (κ1) is 17.6. The summed E-state index contributed by atoms with van der Waals surface area (Å²) in [5.74, 6) is 1.60. The summed E-state index contributed by atoms with van der Waals surface area (Å²) >= 11 is 0. The highest BCUT2D eigenvalue weighted by atomic mass is 16.5. The van der Waals surface area contributed by atoms with Crippen LogP contribution in [0.2, 0.25) is 0 Å². The van der Waals surface area contributed by atoms with E-state index in [0.29, 0.717) is 35.8 Å². The van der Waals surface area contributed by atoms with Gasteiger partial charge in [0.15, 0.2) is 11.5 Å². The van der Waals surface area contributed by atoms with Crippen molar-refractivity contribution < 1.29 is 19.0 Å². The molecule has 0 unspecified atom stereocenters. The molecule has 1 amide bonds. The van der Waals surface area contributed by atoms with Crippen LogP contribution >= 0.6 is 0 Å². The molecule has 0 atom stereocenters. The van der Waals surface area contributed by atoms with Crippen molar-refractivity contribution in [1.82, 2.24) is 15.3 Å². The number of carbonyl (C=O) groups excluding carboxylic acids is 1. The quantitative estimate of drug-likeness (QED) is 0.680. The second-order valence-electron chi connectivity index (χ2n) is 5.63. The van der Waals surface area contributed by atoms with Crippen LogP contribution in [0.4, 0.5) is 0 Å². The van der Waals surface area contributed by atoms with E-state index in [0.717, 1.165) is 16.5 Å². The number of aromatic amines is 1. The average Bonchev–Trinajstić information content (AvgIpc) is 3.09. The third-order valence-corrected chi connectivity index (χ3v) is 4.16. The summed E-state index contributed by atoms with van der Waals surface area (Å²) in [5.41, 5.74) is 2.44.